The van der Waals surface area contributed by atoms with Crippen molar-refractivity contribution < 1.29 is 0 Å². The van der Waals surface area contributed by atoms with Gasteiger partial charge in [-0.1, -0.05) is 19.8 Å². The maximum Gasteiger partial charge on any atom is 0.163 e. The zero-order chi connectivity index (χ0) is 10.5. The average molecular weight is 222 g/mol. The predicted octanol–water partition coefficient (Wildman–Crippen LogP) is 2.16. The molecule has 0 bridgehead atoms. The second-order valence-corrected chi connectivity index (χ2v) is 4.54. The highest BCUT2D eigenvalue weighted by Crippen LogP contribution is 2.19. The number of aliphatic imine (C=N–C) groups is 4. The molecular weight excluding hydrogens is 208 g/mol. The van der Waals surface area contributed by atoms with E-state index in [9.17, 15) is 0 Å². The SMILES string of the molecule is CCCCCSC1=NC=NC2=NC=NC21. The molecule has 2 rings (SSSR count). The van der Waals surface area contributed by atoms with Gasteiger partial charge in [0.15, 0.2) is 11.9 Å². The van der Waals surface area contributed by atoms with Gasteiger partial charge in [-0.3, -0.25) is 4.99 Å². The Bertz CT molecular complexity index is 343. The van der Waals surface area contributed by atoms with Crippen molar-refractivity contribution in [3.8, 4) is 0 Å². The quantitative estimate of drug-likeness (QED) is 0.672. The Morgan fingerprint density at radius 1 is 1.27 bits per heavy atom. The van der Waals surface area contributed by atoms with E-state index in [0.29, 0.717) is 0 Å². The lowest BCUT2D eigenvalue weighted by Crippen LogP contribution is -2.25. The van der Waals surface area contributed by atoms with Crippen molar-refractivity contribution >= 4 is 35.3 Å². The Hall–Kier alpha value is -0.970. The zero-order valence-electron chi connectivity index (χ0n) is 8.76. The number of hydrogen-bond acceptors (Lipinski definition) is 5. The largest absolute Gasteiger partial charge is 0.255 e. The Balaban J connectivity index is 1.86. The molecule has 15 heavy (non-hydrogen) atoms. The van der Waals surface area contributed by atoms with Crippen molar-refractivity contribution in [3.63, 3.8) is 0 Å². The highest BCUT2D eigenvalue weighted by atomic mass is 32.2. The molecule has 0 spiro atoms. The van der Waals surface area contributed by atoms with Crippen LogP contribution in [-0.2, 0) is 0 Å². The van der Waals surface area contributed by atoms with Gasteiger partial charge < -0.3 is 0 Å². The van der Waals surface area contributed by atoms with Gasteiger partial charge in [0.2, 0.25) is 0 Å². The summed E-state index contributed by atoms with van der Waals surface area (Å²) in [6.45, 7) is 2.21. The van der Waals surface area contributed by atoms with Gasteiger partial charge in [0.1, 0.15) is 17.7 Å². The van der Waals surface area contributed by atoms with E-state index in [1.54, 1.807) is 24.4 Å². The first-order chi connectivity index (χ1) is 7.42. The summed E-state index contributed by atoms with van der Waals surface area (Å²) in [5.41, 5.74) is 0. The lowest BCUT2D eigenvalue weighted by molar-refractivity contribution is 0.779. The van der Waals surface area contributed by atoms with Crippen molar-refractivity contribution in [2.45, 2.75) is 32.2 Å². The third-order valence-electron chi connectivity index (χ3n) is 2.26. The normalized spacial score (nSPS) is 22.6. The maximum absolute atomic E-state index is 4.26. The fraction of sp³-hybridized carbons (Fsp3) is 0.600. The molecule has 80 valence electrons. The van der Waals surface area contributed by atoms with Crippen LogP contribution in [0.2, 0.25) is 0 Å². The third kappa shape index (κ3) is 2.53. The standard InChI is InChI=1S/C10H14N4S/c1-2-3-4-5-15-10-8-9(12-6-11-8)13-7-14-10/h6-8H,2-5H2,1H3. The van der Waals surface area contributed by atoms with Crippen molar-refractivity contribution in [1.82, 2.24) is 0 Å². The van der Waals surface area contributed by atoms with Crippen LogP contribution in [0.1, 0.15) is 26.2 Å². The molecule has 0 saturated carbocycles. The molecule has 1 atom stereocenters. The second-order valence-electron chi connectivity index (χ2n) is 3.42. The number of hydrogen-bond donors (Lipinski definition) is 0. The van der Waals surface area contributed by atoms with Crippen LogP contribution in [-0.4, -0.2) is 35.4 Å². The van der Waals surface area contributed by atoms with Gasteiger partial charge in [0, 0.05) is 0 Å². The topological polar surface area (TPSA) is 49.4 Å². The van der Waals surface area contributed by atoms with Crippen LogP contribution in [0.3, 0.4) is 0 Å². The van der Waals surface area contributed by atoms with E-state index < -0.39 is 0 Å². The van der Waals surface area contributed by atoms with Crippen LogP contribution >= 0.6 is 11.8 Å². The summed E-state index contributed by atoms with van der Waals surface area (Å²) in [4.78, 5) is 16.7. The number of amidine groups is 1. The van der Waals surface area contributed by atoms with Crippen LogP contribution in [0.25, 0.3) is 0 Å². The van der Waals surface area contributed by atoms with E-state index in [1.165, 1.54) is 19.3 Å². The van der Waals surface area contributed by atoms with Gasteiger partial charge in [-0.25, -0.2) is 15.0 Å². The van der Waals surface area contributed by atoms with E-state index in [-0.39, 0.29) is 6.04 Å². The minimum atomic E-state index is -0.0124. The van der Waals surface area contributed by atoms with Crippen molar-refractivity contribution in [3.05, 3.63) is 0 Å². The fourth-order valence-corrected chi connectivity index (χ4v) is 2.44. The Labute approximate surface area is 93.7 Å². The molecule has 0 aromatic heterocycles. The van der Waals surface area contributed by atoms with Gasteiger partial charge in [-0.15, -0.1) is 11.8 Å². The van der Waals surface area contributed by atoms with E-state index >= 15 is 0 Å². The molecule has 0 aliphatic carbocycles. The number of unbranched alkanes of at least 4 members (excludes halogenated alkanes) is 2. The predicted molar refractivity (Wildman–Crippen MR) is 67.6 cm³/mol. The van der Waals surface area contributed by atoms with E-state index in [1.807, 2.05) is 0 Å². The highest BCUT2D eigenvalue weighted by Gasteiger charge is 2.25. The summed E-state index contributed by atoms with van der Waals surface area (Å²) < 4.78 is 0. The molecular formula is C10H14N4S. The lowest BCUT2D eigenvalue weighted by atomic mass is 10.3. The monoisotopic (exact) mass is 222 g/mol. The molecule has 0 amide bonds. The summed E-state index contributed by atoms with van der Waals surface area (Å²) in [7, 11) is 0. The van der Waals surface area contributed by atoms with Crippen molar-refractivity contribution in [2.75, 3.05) is 5.75 Å². The zero-order valence-corrected chi connectivity index (χ0v) is 9.57. The van der Waals surface area contributed by atoms with Gasteiger partial charge in [-0.2, -0.15) is 0 Å². The first kappa shape index (κ1) is 10.5. The number of nitrogens with zero attached hydrogens (tertiary/aromatic N) is 4. The highest BCUT2D eigenvalue weighted by molar-refractivity contribution is 8.14. The molecule has 0 radical (unpaired) electrons. The maximum atomic E-state index is 4.26. The first-order valence-electron chi connectivity index (χ1n) is 5.24. The molecule has 0 aromatic rings. The molecule has 2 heterocycles. The summed E-state index contributed by atoms with van der Waals surface area (Å²) in [6, 6.07) is -0.0124. The summed E-state index contributed by atoms with van der Waals surface area (Å²) in [6.07, 6.45) is 6.92. The minimum absolute atomic E-state index is 0.0124. The Morgan fingerprint density at radius 3 is 3.07 bits per heavy atom. The molecule has 0 saturated heterocycles. The molecule has 4 nitrogen and oxygen atoms in total. The molecule has 0 N–H and O–H groups in total. The van der Waals surface area contributed by atoms with Gasteiger partial charge in [0.05, 0.1) is 0 Å². The van der Waals surface area contributed by atoms with Crippen LogP contribution < -0.4 is 0 Å². The summed E-state index contributed by atoms with van der Waals surface area (Å²) in [5.74, 6) is 1.89. The number of thioether (sulfide) groups is 1. The number of fused-ring (bicyclic) bond motifs is 1. The Morgan fingerprint density at radius 2 is 2.20 bits per heavy atom. The van der Waals surface area contributed by atoms with Crippen LogP contribution in [0.4, 0.5) is 0 Å². The second kappa shape index (κ2) is 5.21. The van der Waals surface area contributed by atoms with Gasteiger partial charge in [0.25, 0.3) is 0 Å². The van der Waals surface area contributed by atoms with Gasteiger partial charge in [-0.05, 0) is 12.2 Å². The molecule has 0 aromatic carbocycles. The van der Waals surface area contributed by atoms with Crippen molar-refractivity contribution in [1.29, 1.82) is 0 Å². The van der Waals surface area contributed by atoms with Gasteiger partial charge >= 0.3 is 0 Å². The molecule has 1 unspecified atom stereocenters. The van der Waals surface area contributed by atoms with Crippen LogP contribution in [0.15, 0.2) is 20.0 Å². The van der Waals surface area contributed by atoms with Crippen LogP contribution in [0.5, 0.6) is 0 Å². The van der Waals surface area contributed by atoms with E-state index in [4.69, 9.17) is 0 Å². The Kier molecular flexibility index (Phi) is 3.66. The third-order valence-corrected chi connectivity index (χ3v) is 3.37. The molecule has 2 aliphatic heterocycles. The lowest BCUT2D eigenvalue weighted by Gasteiger charge is -2.12. The average Bonchev–Trinajstić information content (AvgIpc) is 2.73. The summed E-state index contributed by atoms with van der Waals surface area (Å²) in [5, 5.41) is 1.04. The van der Waals surface area contributed by atoms with E-state index in [2.05, 4.69) is 26.9 Å². The minimum Gasteiger partial charge on any atom is -0.255 e. The summed E-state index contributed by atoms with van der Waals surface area (Å²) >= 11 is 1.78. The van der Waals surface area contributed by atoms with Crippen molar-refractivity contribution in [2.24, 2.45) is 20.0 Å². The van der Waals surface area contributed by atoms with E-state index in [0.717, 1.165) is 16.6 Å². The number of rotatable bonds is 4. The van der Waals surface area contributed by atoms with Crippen LogP contribution in [0, 0.1) is 0 Å². The fourth-order valence-electron chi connectivity index (χ4n) is 1.44. The molecule has 5 heteroatoms. The smallest absolute Gasteiger partial charge is 0.163 e. The first-order valence-corrected chi connectivity index (χ1v) is 6.22. The molecule has 2 aliphatic rings. The molecule has 0 fully saturated rings.